The van der Waals surface area contributed by atoms with Gasteiger partial charge in [0.25, 0.3) is 5.91 Å². The van der Waals surface area contributed by atoms with Gasteiger partial charge in [-0.05, 0) is 37.1 Å². The molecule has 1 heterocycles. The Hall–Kier alpha value is -1.87. The van der Waals surface area contributed by atoms with Gasteiger partial charge < -0.3 is 0 Å². The van der Waals surface area contributed by atoms with Crippen LogP contribution < -0.4 is 0 Å². The molecule has 2 rings (SSSR count). The number of allylic oxidation sites excluding steroid dienone is 1. The fraction of sp³-hybridized carbons (Fsp3) is 0.200. The van der Waals surface area contributed by atoms with E-state index in [1.54, 1.807) is 12.1 Å². The van der Waals surface area contributed by atoms with Gasteiger partial charge in [0.1, 0.15) is 5.84 Å². The topological polar surface area (TPSA) is 44.2 Å². The number of hydrogen-bond acceptors (Lipinski definition) is 2. The third-order valence-corrected chi connectivity index (χ3v) is 3.55. The first-order valence-corrected chi connectivity index (χ1v) is 6.41. The van der Waals surface area contributed by atoms with Crippen LogP contribution in [0.1, 0.15) is 18.1 Å². The Morgan fingerprint density at radius 3 is 2.74 bits per heavy atom. The molecule has 0 radical (unpaired) electrons. The van der Waals surface area contributed by atoms with Crippen molar-refractivity contribution in [3.8, 4) is 0 Å². The van der Waals surface area contributed by atoms with Crippen LogP contribution in [0.5, 0.6) is 0 Å². The summed E-state index contributed by atoms with van der Waals surface area (Å²) in [5.74, 6) is 0.0317. The number of nitrogens with zero attached hydrogens (tertiary/aromatic N) is 1. The van der Waals surface area contributed by atoms with Crippen LogP contribution in [0.3, 0.4) is 0 Å². The second kappa shape index (κ2) is 5.41. The summed E-state index contributed by atoms with van der Waals surface area (Å²) in [6.45, 7) is 4.12. The van der Waals surface area contributed by atoms with Gasteiger partial charge in [0.05, 0.1) is 6.54 Å². The Bertz CT molecular complexity index is 582. The minimum atomic E-state index is -0.185. The van der Waals surface area contributed by atoms with E-state index in [2.05, 4.69) is 0 Å². The van der Waals surface area contributed by atoms with E-state index in [0.717, 1.165) is 16.7 Å². The van der Waals surface area contributed by atoms with Crippen molar-refractivity contribution in [1.29, 1.82) is 5.41 Å². The average molecular weight is 275 g/mol. The van der Waals surface area contributed by atoms with E-state index in [4.69, 9.17) is 17.0 Å². The number of hydrogen-bond donors (Lipinski definition) is 1. The molecule has 1 N–H and O–H groups in total. The van der Waals surface area contributed by atoms with Crippen LogP contribution in [0, 0.1) is 12.3 Å². The van der Waals surface area contributed by atoms with E-state index in [-0.39, 0.29) is 11.7 Å². The number of amides is 1. The Labute approximate surface area is 117 Å². The highest BCUT2D eigenvalue weighted by Crippen LogP contribution is 2.23. The zero-order valence-corrected chi connectivity index (χ0v) is 11.7. The predicted molar refractivity (Wildman–Crippen MR) is 77.4 cm³/mol. The Morgan fingerprint density at radius 2 is 2.11 bits per heavy atom. The molecule has 1 aliphatic rings. The average Bonchev–Trinajstić information content (AvgIpc) is 2.37. The van der Waals surface area contributed by atoms with Gasteiger partial charge in [-0.1, -0.05) is 29.8 Å². The number of benzene rings is 1. The zero-order valence-electron chi connectivity index (χ0n) is 10.9. The maximum Gasteiger partial charge on any atom is 0.252 e. The Morgan fingerprint density at radius 1 is 1.37 bits per heavy atom. The number of halogens is 1. The smallest absolute Gasteiger partial charge is 0.252 e. The van der Waals surface area contributed by atoms with Gasteiger partial charge in [0.15, 0.2) is 0 Å². The molecule has 0 spiro atoms. The van der Waals surface area contributed by atoms with E-state index in [1.165, 1.54) is 11.0 Å². The van der Waals surface area contributed by atoms with Crippen LogP contribution in [0.2, 0.25) is 5.02 Å². The SMILES string of the molecule is C/C=C1/C=CC(=O)N(Cc2c(C)cccc2Cl)C1=N. The van der Waals surface area contributed by atoms with Crippen LogP contribution in [0.15, 0.2) is 42.0 Å². The minimum absolute atomic E-state index is 0.185. The lowest BCUT2D eigenvalue weighted by Gasteiger charge is -2.26. The van der Waals surface area contributed by atoms with Gasteiger partial charge in [0, 0.05) is 16.7 Å². The zero-order chi connectivity index (χ0) is 14.0. The molecule has 0 unspecified atom stereocenters. The highest BCUT2D eigenvalue weighted by atomic mass is 35.5. The number of carbonyl (C=O) groups is 1. The van der Waals surface area contributed by atoms with Gasteiger partial charge in [0.2, 0.25) is 0 Å². The highest BCUT2D eigenvalue weighted by Gasteiger charge is 2.23. The molecule has 3 nitrogen and oxygen atoms in total. The second-order valence-electron chi connectivity index (χ2n) is 4.39. The quantitative estimate of drug-likeness (QED) is 0.882. The van der Waals surface area contributed by atoms with Crippen LogP contribution in [0.25, 0.3) is 0 Å². The van der Waals surface area contributed by atoms with Crippen LogP contribution >= 0.6 is 11.6 Å². The molecule has 0 aromatic heterocycles. The Balaban J connectivity index is 2.35. The molecule has 0 fully saturated rings. The summed E-state index contributed by atoms with van der Waals surface area (Å²) in [4.78, 5) is 13.4. The van der Waals surface area contributed by atoms with Gasteiger partial charge in [-0.25, -0.2) is 0 Å². The van der Waals surface area contributed by atoms with Crippen molar-refractivity contribution < 1.29 is 4.79 Å². The molecule has 98 valence electrons. The molecule has 0 aliphatic carbocycles. The number of nitrogens with one attached hydrogen (secondary N) is 1. The van der Waals surface area contributed by atoms with Gasteiger partial charge in [-0.15, -0.1) is 0 Å². The summed E-state index contributed by atoms with van der Waals surface area (Å²) in [6.07, 6.45) is 4.97. The van der Waals surface area contributed by atoms with E-state index < -0.39 is 0 Å². The van der Waals surface area contributed by atoms with E-state index in [1.807, 2.05) is 32.1 Å². The summed E-state index contributed by atoms with van der Waals surface area (Å²) < 4.78 is 0. The molecule has 1 aromatic carbocycles. The van der Waals surface area contributed by atoms with Crippen molar-refractivity contribution in [2.45, 2.75) is 20.4 Å². The first kappa shape index (κ1) is 13.6. The summed E-state index contributed by atoms with van der Waals surface area (Å²) in [7, 11) is 0. The molecular formula is C15H15ClN2O. The molecule has 0 saturated heterocycles. The minimum Gasteiger partial charge on any atom is -0.289 e. The van der Waals surface area contributed by atoms with Gasteiger partial charge >= 0.3 is 0 Å². The number of aryl methyl sites for hydroxylation is 1. The first-order valence-electron chi connectivity index (χ1n) is 6.03. The molecule has 0 atom stereocenters. The standard InChI is InChI=1S/C15H15ClN2O/c1-3-11-7-8-14(19)18(15(11)17)9-12-10(2)5-4-6-13(12)16/h3-8,17H,9H2,1-2H3/b11-3-,17-15?. The lowest BCUT2D eigenvalue weighted by Crippen LogP contribution is -2.38. The maximum atomic E-state index is 11.9. The normalized spacial score (nSPS) is 17.4. The third-order valence-electron chi connectivity index (χ3n) is 3.20. The third kappa shape index (κ3) is 2.61. The molecule has 1 aromatic rings. The molecule has 4 heteroatoms. The molecule has 1 amide bonds. The lowest BCUT2D eigenvalue weighted by molar-refractivity contribution is -0.123. The Kier molecular flexibility index (Phi) is 3.86. The van der Waals surface area contributed by atoms with Crippen molar-refractivity contribution in [1.82, 2.24) is 4.90 Å². The summed E-state index contributed by atoms with van der Waals surface area (Å²) in [5.41, 5.74) is 2.64. The summed E-state index contributed by atoms with van der Waals surface area (Å²) in [5, 5.41) is 8.69. The van der Waals surface area contributed by atoms with Crippen LogP contribution in [0.4, 0.5) is 0 Å². The highest BCUT2D eigenvalue weighted by molar-refractivity contribution is 6.31. The number of carbonyl (C=O) groups excluding carboxylic acids is 1. The molecule has 19 heavy (non-hydrogen) atoms. The van der Waals surface area contributed by atoms with Gasteiger partial charge in [-0.2, -0.15) is 0 Å². The fourth-order valence-corrected chi connectivity index (χ4v) is 2.29. The van der Waals surface area contributed by atoms with Crippen molar-refractivity contribution >= 4 is 23.3 Å². The second-order valence-corrected chi connectivity index (χ2v) is 4.79. The molecular weight excluding hydrogens is 260 g/mol. The van der Waals surface area contributed by atoms with Crippen LogP contribution in [-0.4, -0.2) is 16.6 Å². The van der Waals surface area contributed by atoms with Gasteiger partial charge in [-0.3, -0.25) is 15.1 Å². The van der Waals surface area contributed by atoms with Crippen molar-refractivity contribution in [3.63, 3.8) is 0 Å². The fourth-order valence-electron chi connectivity index (χ4n) is 2.01. The lowest BCUT2D eigenvalue weighted by atomic mass is 10.1. The largest absolute Gasteiger partial charge is 0.289 e. The number of amidine groups is 1. The van der Waals surface area contributed by atoms with E-state index in [9.17, 15) is 4.79 Å². The van der Waals surface area contributed by atoms with E-state index >= 15 is 0 Å². The monoisotopic (exact) mass is 274 g/mol. The van der Waals surface area contributed by atoms with Crippen LogP contribution in [-0.2, 0) is 11.3 Å². The van der Waals surface area contributed by atoms with Crippen molar-refractivity contribution in [3.05, 3.63) is 58.1 Å². The maximum absolute atomic E-state index is 11.9. The predicted octanol–water partition coefficient (Wildman–Crippen LogP) is 3.47. The van der Waals surface area contributed by atoms with Crippen molar-refractivity contribution in [2.24, 2.45) is 0 Å². The molecule has 1 aliphatic heterocycles. The molecule has 0 bridgehead atoms. The van der Waals surface area contributed by atoms with Crippen molar-refractivity contribution in [2.75, 3.05) is 0 Å². The molecule has 0 saturated carbocycles. The summed E-state index contributed by atoms with van der Waals surface area (Å²) >= 11 is 6.17. The number of rotatable bonds is 2. The summed E-state index contributed by atoms with van der Waals surface area (Å²) in [6, 6.07) is 5.63. The first-order chi connectivity index (χ1) is 9.04. The van der Waals surface area contributed by atoms with E-state index in [0.29, 0.717) is 11.6 Å².